The monoisotopic (exact) mass is 213 g/mol. The van der Waals surface area contributed by atoms with Crippen LogP contribution in [0.5, 0.6) is 0 Å². The van der Waals surface area contributed by atoms with Crippen molar-refractivity contribution in [3.05, 3.63) is 0 Å². The highest BCUT2D eigenvalue weighted by Crippen LogP contribution is 2.23. The zero-order chi connectivity index (χ0) is 11.1. The maximum atomic E-state index is 8.73. The fraction of sp³-hybridized carbons (Fsp3) is 1.00. The number of hydrogen-bond donors (Lipinski definition) is 1. The van der Waals surface area contributed by atoms with Gasteiger partial charge in [0.15, 0.2) is 0 Å². The van der Waals surface area contributed by atoms with Crippen molar-refractivity contribution in [2.45, 2.75) is 58.4 Å². The molecule has 0 spiro atoms. The second-order valence-corrected chi connectivity index (χ2v) is 5.13. The highest BCUT2D eigenvalue weighted by molar-refractivity contribution is 4.79. The summed E-state index contributed by atoms with van der Waals surface area (Å²) in [5, 5.41) is 8.73. The lowest BCUT2D eigenvalue weighted by Crippen LogP contribution is -2.43. The molecule has 0 aromatic carbocycles. The Bertz CT molecular complexity index is 159. The SMILES string of the molecule is CC(C)[C@@H]1CCCCN1CCCCCO. The lowest BCUT2D eigenvalue weighted by atomic mass is 9.92. The second kappa shape index (κ2) is 7.24. The number of aliphatic hydroxyl groups is 1. The Labute approximate surface area is 94.7 Å². The minimum Gasteiger partial charge on any atom is -0.396 e. The van der Waals surface area contributed by atoms with Crippen molar-refractivity contribution in [3.63, 3.8) is 0 Å². The minimum absolute atomic E-state index is 0.355. The van der Waals surface area contributed by atoms with Crippen molar-refractivity contribution >= 4 is 0 Å². The zero-order valence-corrected chi connectivity index (χ0v) is 10.4. The standard InChI is InChI=1S/C13H27NO/c1-12(2)13-8-4-6-10-14(13)9-5-3-7-11-15/h12-13,15H,3-11H2,1-2H3/t13-/m0/s1. The van der Waals surface area contributed by atoms with Crippen LogP contribution in [0, 0.1) is 5.92 Å². The molecule has 1 aliphatic heterocycles. The number of rotatable bonds is 6. The first-order valence-corrected chi connectivity index (χ1v) is 6.60. The molecule has 0 aliphatic carbocycles. The molecule has 1 saturated heterocycles. The number of likely N-dealkylation sites (tertiary alicyclic amines) is 1. The Kier molecular flexibility index (Phi) is 6.26. The largest absolute Gasteiger partial charge is 0.396 e. The molecule has 2 nitrogen and oxygen atoms in total. The lowest BCUT2D eigenvalue weighted by Gasteiger charge is -2.38. The van der Waals surface area contributed by atoms with Gasteiger partial charge in [0, 0.05) is 12.6 Å². The molecular formula is C13H27NO. The number of hydrogen-bond acceptors (Lipinski definition) is 2. The third-order valence-electron chi connectivity index (χ3n) is 3.54. The molecule has 1 heterocycles. The van der Waals surface area contributed by atoms with E-state index in [0.717, 1.165) is 18.4 Å². The van der Waals surface area contributed by atoms with E-state index in [9.17, 15) is 0 Å². The number of unbranched alkanes of at least 4 members (excludes halogenated alkanes) is 2. The van der Waals surface area contributed by atoms with Gasteiger partial charge < -0.3 is 10.0 Å². The van der Waals surface area contributed by atoms with Gasteiger partial charge >= 0.3 is 0 Å². The van der Waals surface area contributed by atoms with Crippen molar-refractivity contribution in [1.82, 2.24) is 4.90 Å². The van der Waals surface area contributed by atoms with Crippen molar-refractivity contribution < 1.29 is 5.11 Å². The van der Waals surface area contributed by atoms with Crippen LogP contribution in [-0.2, 0) is 0 Å². The van der Waals surface area contributed by atoms with Gasteiger partial charge in [-0.2, -0.15) is 0 Å². The molecule has 0 aromatic heterocycles. The van der Waals surface area contributed by atoms with Crippen molar-refractivity contribution in [3.8, 4) is 0 Å². The van der Waals surface area contributed by atoms with E-state index in [-0.39, 0.29) is 0 Å². The molecule has 15 heavy (non-hydrogen) atoms. The number of nitrogens with zero attached hydrogens (tertiary/aromatic N) is 1. The van der Waals surface area contributed by atoms with Crippen molar-refractivity contribution in [2.24, 2.45) is 5.92 Å². The van der Waals surface area contributed by atoms with Gasteiger partial charge in [0.1, 0.15) is 0 Å². The lowest BCUT2D eigenvalue weighted by molar-refractivity contribution is 0.109. The fourth-order valence-corrected chi connectivity index (χ4v) is 2.65. The quantitative estimate of drug-likeness (QED) is 0.686. The van der Waals surface area contributed by atoms with Crippen molar-refractivity contribution in [2.75, 3.05) is 19.7 Å². The van der Waals surface area contributed by atoms with E-state index in [1.54, 1.807) is 0 Å². The summed E-state index contributed by atoms with van der Waals surface area (Å²) in [5.74, 6) is 0.795. The van der Waals surface area contributed by atoms with E-state index in [1.165, 1.54) is 45.2 Å². The molecule has 0 radical (unpaired) electrons. The molecule has 1 aliphatic rings. The van der Waals surface area contributed by atoms with Crippen LogP contribution in [0.1, 0.15) is 52.4 Å². The molecule has 1 rings (SSSR count). The molecule has 0 bridgehead atoms. The van der Waals surface area contributed by atoms with Crippen LogP contribution in [0.25, 0.3) is 0 Å². The molecular weight excluding hydrogens is 186 g/mol. The average Bonchev–Trinajstić information content (AvgIpc) is 2.25. The molecule has 1 atom stereocenters. The Morgan fingerprint density at radius 2 is 2.00 bits per heavy atom. The topological polar surface area (TPSA) is 23.5 Å². The molecule has 0 saturated carbocycles. The van der Waals surface area contributed by atoms with Gasteiger partial charge in [0.05, 0.1) is 0 Å². The highest BCUT2D eigenvalue weighted by Gasteiger charge is 2.23. The van der Waals surface area contributed by atoms with E-state index in [2.05, 4.69) is 18.7 Å². The molecule has 1 N–H and O–H groups in total. The predicted octanol–water partition coefficient (Wildman–Crippen LogP) is 2.66. The van der Waals surface area contributed by atoms with E-state index < -0.39 is 0 Å². The maximum absolute atomic E-state index is 8.73. The van der Waals surface area contributed by atoms with Crippen LogP contribution in [0.3, 0.4) is 0 Å². The van der Waals surface area contributed by atoms with Crippen molar-refractivity contribution in [1.29, 1.82) is 0 Å². The Balaban J connectivity index is 2.23. The summed E-state index contributed by atoms with van der Waals surface area (Å²) in [4.78, 5) is 2.67. The zero-order valence-electron chi connectivity index (χ0n) is 10.4. The third-order valence-corrected chi connectivity index (χ3v) is 3.54. The summed E-state index contributed by atoms with van der Waals surface area (Å²) in [6, 6.07) is 0.813. The molecule has 0 aromatic rings. The van der Waals surface area contributed by atoms with Gasteiger partial charge in [0.2, 0.25) is 0 Å². The normalized spacial score (nSPS) is 23.6. The second-order valence-electron chi connectivity index (χ2n) is 5.13. The average molecular weight is 213 g/mol. The minimum atomic E-state index is 0.355. The van der Waals surface area contributed by atoms with Crippen LogP contribution < -0.4 is 0 Å². The van der Waals surface area contributed by atoms with Crippen LogP contribution >= 0.6 is 0 Å². The van der Waals surface area contributed by atoms with Gasteiger partial charge in [-0.1, -0.05) is 20.3 Å². The number of piperidine rings is 1. The van der Waals surface area contributed by atoms with Gasteiger partial charge in [-0.15, -0.1) is 0 Å². The summed E-state index contributed by atoms with van der Waals surface area (Å²) in [7, 11) is 0. The van der Waals surface area contributed by atoms with Gasteiger partial charge in [-0.05, 0) is 51.1 Å². The van der Waals surface area contributed by atoms with E-state index in [1.807, 2.05) is 0 Å². The smallest absolute Gasteiger partial charge is 0.0431 e. The summed E-state index contributed by atoms with van der Waals surface area (Å²) in [6.45, 7) is 7.58. The third kappa shape index (κ3) is 4.52. The molecule has 0 unspecified atom stereocenters. The van der Waals surface area contributed by atoms with Gasteiger partial charge in [-0.25, -0.2) is 0 Å². The Morgan fingerprint density at radius 1 is 1.20 bits per heavy atom. The first-order valence-electron chi connectivity index (χ1n) is 6.60. The Hall–Kier alpha value is -0.0800. The van der Waals surface area contributed by atoms with Crippen LogP contribution in [0.2, 0.25) is 0 Å². The molecule has 1 fully saturated rings. The first-order chi connectivity index (χ1) is 7.25. The highest BCUT2D eigenvalue weighted by atomic mass is 16.2. The summed E-state index contributed by atoms with van der Waals surface area (Å²) in [5.41, 5.74) is 0. The fourth-order valence-electron chi connectivity index (χ4n) is 2.65. The summed E-state index contributed by atoms with van der Waals surface area (Å²) in [6.07, 6.45) is 7.58. The first kappa shape index (κ1) is 13.0. The summed E-state index contributed by atoms with van der Waals surface area (Å²) >= 11 is 0. The predicted molar refractivity (Wildman–Crippen MR) is 65.0 cm³/mol. The maximum Gasteiger partial charge on any atom is 0.0431 e. The van der Waals surface area contributed by atoms with E-state index in [4.69, 9.17) is 5.11 Å². The number of aliphatic hydroxyl groups excluding tert-OH is 1. The van der Waals surface area contributed by atoms with E-state index >= 15 is 0 Å². The Morgan fingerprint density at radius 3 is 2.67 bits per heavy atom. The molecule has 0 amide bonds. The van der Waals surface area contributed by atoms with Crippen LogP contribution in [-0.4, -0.2) is 35.7 Å². The van der Waals surface area contributed by atoms with Crippen LogP contribution in [0.4, 0.5) is 0 Å². The van der Waals surface area contributed by atoms with Gasteiger partial charge in [0.25, 0.3) is 0 Å². The van der Waals surface area contributed by atoms with E-state index in [0.29, 0.717) is 6.61 Å². The van der Waals surface area contributed by atoms with Gasteiger partial charge in [-0.3, -0.25) is 0 Å². The van der Waals surface area contributed by atoms with Crippen LogP contribution in [0.15, 0.2) is 0 Å². The summed E-state index contributed by atoms with van der Waals surface area (Å²) < 4.78 is 0. The molecule has 90 valence electrons. The molecule has 2 heteroatoms.